The van der Waals surface area contributed by atoms with Gasteiger partial charge >= 0.3 is 0 Å². The van der Waals surface area contributed by atoms with Crippen LogP contribution in [0.3, 0.4) is 0 Å². The van der Waals surface area contributed by atoms with E-state index in [1.807, 2.05) is 25.4 Å². The minimum Gasteiger partial charge on any atom is -0.356 e. The summed E-state index contributed by atoms with van der Waals surface area (Å²) in [7, 11) is 1.86. The molecule has 1 aromatic carbocycles. The smallest absolute Gasteiger partial charge is 0.193 e. The molecule has 4 heteroatoms. The van der Waals surface area contributed by atoms with E-state index in [2.05, 4.69) is 56.6 Å². The Balaban J connectivity index is 1.51. The molecule has 1 saturated heterocycles. The van der Waals surface area contributed by atoms with Crippen molar-refractivity contribution in [2.75, 3.05) is 26.7 Å². The molecule has 0 saturated carbocycles. The van der Waals surface area contributed by atoms with E-state index < -0.39 is 0 Å². The first kappa shape index (κ1) is 15.5. The van der Waals surface area contributed by atoms with Gasteiger partial charge in [-0.15, -0.1) is 0 Å². The van der Waals surface area contributed by atoms with E-state index in [1.54, 1.807) is 0 Å². The van der Waals surface area contributed by atoms with Crippen LogP contribution >= 0.6 is 0 Å². The normalized spacial score (nSPS) is 18.2. The minimum atomic E-state index is 0.602. The first-order valence-electron chi connectivity index (χ1n) is 8.27. The zero-order chi connectivity index (χ0) is 15.9. The molecule has 4 nitrogen and oxygen atoms in total. The summed E-state index contributed by atoms with van der Waals surface area (Å²) in [5.41, 5.74) is 2.54. The number of pyridine rings is 1. The predicted molar refractivity (Wildman–Crippen MR) is 94.7 cm³/mol. The summed E-state index contributed by atoms with van der Waals surface area (Å²) < 4.78 is 0. The molecule has 1 aliphatic heterocycles. The quantitative estimate of drug-likeness (QED) is 0.697. The van der Waals surface area contributed by atoms with Gasteiger partial charge in [0.2, 0.25) is 0 Å². The van der Waals surface area contributed by atoms with E-state index in [1.165, 1.54) is 12.0 Å². The van der Waals surface area contributed by atoms with E-state index in [4.69, 9.17) is 0 Å². The van der Waals surface area contributed by atoms with Crippen LogP contribution in [0.15, 0.2) is 59.7 Å². The van der Waals surface area contributed by atoms with Crippen molar-refractivity contribution >= 4 is 5.96 Å². The highest BCUT2D eigenvalue weighted by Crippen LogP contribution is 2.26. The topological polar surface area (TPSA) is 40.5 Å². The Morgan fingerprint density at radius 1 is 1.22 bits per heavy atom. The highest BCUT2D eigenvalue weighted by atomic mass is 15.3. The van der Waals surface area contributed by atoms with Crippen molar-refractivity contribution in [1.82, 2.24) is 15.2 Å². The lowest BCUT2D eigenvalue weighted by Crippen LogP contribution is -2.40. The number of nitrogens with zero attached hydrogens (tertiary/aromatic N) is 3. The molecule has 1 N–H and O–H groups in total. The van der Waals surface area contributed by atoms with Gasteiger partial charge < -0.3 is 10.2 Å². The van der Waals surface area contributed by atoms with Gasteiger partial charge in [-0.25, -0.2) is 0 Å². The third kappa shape index (κ3) is 4.09. The standard InChI is InChI=1S/C19H24N4/c1-20-19(22-13-10-18-9-5-6-12-21-18)23-14-11-17(15-23)16-7-3-2-4-8-16/h2-9,12,17H,10-11,13-15H2,1H3,(H,20,22). The van der Waals surface area contributed by atoms with Crippen LogP contribution in [-0.4, -0.2) is 42.5 Å². The zero-order valence-corrected chi connectivity index (χ0v) is 13.7. The Morgan fingerprint density at radius 2 is 2.04 bits per heavy atom. The van der Waals surface area contributed by atoms with Crippen LogP contribution in [0.4, 0.5) is 0 Å². The molecule has 23 heavy (non-hydrogen) atoms. The second-order valence-electron chi connectivity index (χ2n) is 5.89. The summed E-state index contributed by atoms with van der Waals surface area (Å²) in [5, 5.41) is 3.47. The van der Waals surface area contributed by atoms with Gasteiger partial charge in [0, 0.05) is 50.9 Å². The molecule has 1 aliphatic rings. The van der Waals surface area contributed by atoms with Gasteiger partial charge in [-0.3, -0.25) is 9.98 Å². The van der Waals surface area contributed by atoms with Gasteiger partial charge in [0.15, 0.2) is 5.96 Å². The van der Waals surface area contributed by atoms with Crippen LogP contribution in [0, 0.1) is 0 Å². The highest BCUT2D eigenvalue weighted by molar-refractivity contribution is 5.80. The Labute approximate surface area is 138 Å². The minimum absolute atomic E-state index is 0.602. The fraction of sp³-hybridized carbons (Fsp3) is 0.368. The van der Waals surface area contributed by atoms with Crippen molar-refractivity contribution in [1.29, 1.82) is 0 Å². The van der Waals surface area contributed by atoms with Gasteiger partial charge in [-0.05, 0) is 24.1 Å². The van der Waals surface area contributed by atoms with E-state index >= 15 is 0 Å². The number of nitrogens with one attached hydrogen (secondary N) is 1. The molecule has 3 rings (SSSR count). The maximum absolute atomic E-state index is 4.44. The van der Waals surface area contributed by atoms with Crippen LogP contribution < -0.4 is 5.32 Å². The van der Waals surface area contributed by atoms with Crippen molar-refractivity contribution in [3.63, 3.8) is 0 Å². The molecule has 120 valence electrons. The van der Waals surface area contributed by atoms with E-state index in [0.29, 0.717) is 5.92 Å². The van der Waals surface area contributed by atoms with Crippen LogP contribution in [-0.2, 0) is 6.42 Å². The van der Waals surface area contributed by atoms with Gasteiger partial charge in [-0.2, -0.15) is 0 Å². The third-order valence-electron chi connectivity index (χ3n) is 4.36. The molecule has 0 radical (unpaired) electrons. The average Bonchev–Trinajstić information content (AvgIpc) is 3.10. The molecule has 2 aromatic rings. The summed E-state index contributed by atoms with van der Waals surface area (Å²) >= 11 is 0. The third-order valence-corrected chi connectivity index (χ3v) is 4.36. The number of rotatable bonds is 4. The lowest BCUT2D eigenvalue weighted by Gasteiger charge is -2.21. The lowest BCUT2D eigenvalue weighted by atomic mass is 9.99. The lowest BCUT2D eigenvalue weighted by molar-refractivity contribution is 0.486. The van der Waals surface area contributed by atoms with Gasteiger partial charge in [0.1, 0.15) is 0 Å². The molecule has 1 fully saturated rings. The number of likely N-dealkylation sites (tertiary alicyclic amines) is 1. The molecule has 1 atom stereocenters. The second kappa shape index (κ2) is 7.77. The maximum Gasteiger partial charge on any atom is 0.193 e. The first-order chi connectivity index (χ1) is 11.4. The van der Waals surface area contributed by atoms with Crippen LogP contribution in [0.1, 0.15) is 23.6 Å². The number of guanidine groups is 1. The fourth-order valence-electron chi connectivity index (χ4n) is 3.13. The second-order valence-corrected chi connectivity index (χ2v) is 5.89. The fourth-order valence-corrected chi connectivity index (χ4v) is 3.13. The highest BCUT2D eigenvalue weighted by Gasteiger charge is 2.25. The van der Waals surface area contributed by atoms with Crippen LogP contribution in [0.25, 0.3) is 0 Å². The Hall–Kier alpha value is -2.36. The summed E-state index contributed by atoms with van der Waals surface area (Å²) in [6, 6.07) is 16.8. The van der Waals surface area contributed by atoms with E-state index in [0.717, 1.165) is 37.7 Å². The Morgan fingerprint density at radius 3 is 2.78 bits per heavy atom. The zero-order valence-electron chi connectivity index (χ0n) is 13.7. The molecule has 0 amide bonds. The molecule has 0 aliphatic carbocycles. The average molecular weight is 308 g/mol. The predicted octanol–water partition coefficient (Wildman–Crippen LogP) is 2.69. The maximum atomic E-state index is 4.44. The molecular formula is C19H24N4. The molecule has 0 spiro atoms. The SMILES string of the molecule is CN=C(NCCc1ccccn1)N1CCC(c2ccccc2)C1. The summed E-state index contributed by atoms with van der Waals surface area (Å²) in [6.07, 6.45) is 3.94. The largest absolute Gasteiger partial charge is 0.356 e. The first-order valence-corrected chi connectivity index (χ1v) is 8.27. The van der Waals surface area contributed by atoms with E-state index in [9.17, 15) is 0 Å². The van der Waals surface area contributed by atoms with Gasteiger partial charge in [0.05, 0.1) is 0 Å². The van der Waals surface area contributed by atoms with Crippen molar-refractivity contribution in [2.45, 2.75) is 18.8 Å². The molecule has 1 unspecified atom stereocenters. The monoisotopic (exact) mass is 308 g/mol. The molecule has 0 bridgehead atoms. The van der Waals surface area contributed by atoms with Crippen LogP contribution in [0.2, 0.25) is 0 Å². The van der Waals surface area contributed by atoms with Crippen LogP contribution in [0.5, 0.6) is 0 Å². The van der Waals surface area contributed by atoms with E-state index in [-0.39, 0.29) is 0 Å². The van der Waals surface area contributed by atoms with Crippen molar-refractivity contribution < 1.29 is 0 Å². The number of hydrogen-bond donors (Lipinski definition) is 1. The van der Waals surface area contributed by atoms with Crippen molar-refractivity contribution in [2.24, 2.45) is 4.99 Å². The molecular weight excluding hydrogens is 284 g/mol. The Bertz CT molecular complexity index is 624. The van der Waals surface area contributed by atoms with Crippen molar-refractivity contribution in [3.8, 4) is 0 Å². The van der Waals surface area contributed by atoms with Crippen molar-refractivity contribution in [3.05, 3.63) is 66.0 Å². The van der Waals surface area contributed by atoms with Gasteiger partial charge in [0.25, 0.3) is 0 Å². The summed E-state index contributed by atoms with van der Waals surface area (Å²) in [6.45, 7) is 2.95. The van der Waals surface area contributed by atoms with Gasteiger partial charge in [-0.1, -0.05) is 36.4 Å². The Kier molecular flexibility index (Phi) is 5.25. The molecule has 2 heterocycles. The number of benzene rings is 1. The number of hydrogen-bond acceptors (Lipinski definition) is 2. The number of aliphatic imine (C=N–C) groups is 1. The summed E-state index contributed by atoms with van der Waals surface area (Å²) in [4.78, 5) is 11.2. The summed E-state index contributed by atoms with van der Waals surface area (Å²) in [5.74, 6) is 1.60. The number of aromatic nitrogens is 1. The molecule has 1 aromatic heterocycles.